The molecule has 0 radical (unpaired) electrons. The molecule has 2 aromatic rings. The monoisotopic (exact) mass is 504 g/mol. The van der Waals surface area contributed by atoms with Gasteiger partial charge in [0.1, 0.15) is 11.5 Å². The van der Waals surface area contributed by atoms with E-state index in [-0.39, 0.29) is 42.8 Å². The average Bonchev–Trinajstić information content (AvgIpc) is 2.80. The summed E-state index contributed by atoms with van der Waals surface area (Å²) in [4.78, 5) is 42.4. The Balaban J connectivity index is 1.62. The molecular weight excluding hydrogens is 480 g/mol. The first-order valence-corrected chi connectivity index (χ1v) is 12.2. The molecule has 186 valence electrons. The molecule has 3 heterocycles. The van der Waals surface area contributed by atoms with Gasteiger partial charge in [-0.15, -0.1) is 0 Å². The summed E-state index contributed by atoms with van der Waals surface area (Å²) in [6, 6.07) is -0.300. The molecule has 1 saturated heterocycles. The first-order chi connectivity index (χ1) is 16.1. The lowest BCUT2D eigenvalue weighted by Gasteiger charge is -2.32. The Bertz CT molecular complexity index is 1180. The maximum atomic E-state index is 13.9. The van der Waals surface area contributed by atoms with Crippen LogP contribution >= 0.6 is 11.8 Å². The van der Waals surface area contributed by atoms with Crippen molar-refractivity contribution < 1.29 is 27.5 Å². The van der Waals surface area contributed by atoms with Crippen molar-refractivity contribution in [2.45, 2.75) is 68.9 Å². The number of nitrogens with zero attached hydrogens (tertiary/aromatic N) is 3. The fraction of sp³-hybridized carbons (Fsp3) is 0.619. The molecule has 1 saturated carbocycles. The second-order valence-corrected chi connectivity index (χ2v) is 9.88. The molecule has 8 nitrogen and oxygen atoms in total. The van der Waals surface area contributed by atoms with Crippen LogP contribution in [-0.2, 0) is 4.79 Å². The van der Waals surface area contributed by atoms with Crippen LogP contribution in [0, 0.1) is 5.82 Å². The van der Waals surface area contributed by atoms with Gasteiger partial charge in [-0.3, -0.25) is 18.7 Å². The smallest absolute Gasteiger partial charge is 0.376 e. The van der Waals surface area contributed by atoms with E-state index in [1.165, 1.54) is 4.57 Å². The van der Waals surface area contributed by atoms with Gasteiger partial charge in [-0.05, 0) is 56.1 Å². The second kappa shape index (κ2) is 9.68. The van der Waals surface area contributed by atoms with Crippen molar-refractivity contribution in [2.24, 2.45) is 0 Å². The van der Waals surface area contributed by atoms with Crippen LogP contribution < -0.4 is 16.6 Å². The molecule has 2 aliphatic rings. The van der Waals surface area contributed by atoms with E-state index in [4.69, 9.17) is 5.11 Å². The number of pyridine rings is 1. The largest absolute Gasteiger partial charge is 0.423 e. The van der Waals surface area contributed by atoms with Crippen molar-refractivity contribution in [1.82, 2.24) is 19.4 Å². The van der Waals surface area contributed by atoms with Gasteiger partial charge in [0.25, 0.3) is 11.5 Å². The Hall–Kier alpha value is -2.41. The first kappa shape index (κ1) is 24.7. The van der Waals surface area contributed by atoms with Crippen molar-refractivity contribution in [1.29, 1.82) is 0 Å². The van der Waals surface area contributed by atoms with Gasteiger partial charge in [0.15, 0.2) is 0 Å². The highest BCUT2D eigenvalue weighted by atomic mass is 32.2. The third-order valence-corrected chi connectivity index (χ3v) is 7.49. The number of halogens is 4. The number of rotatable bonds is 4. The lowest BCUT2D eigenvalue weighted by molar-refractivity contribution is -0.205. The van der Waals surface area contributed by atoms with E-state index in [1.54, 1.807) is 11.8 Å². The van der Waals surface area contributed by atoms with Crippen LogP contribution in [0.2, 0.25) is 0 Å². The number of hydrogen-bond donors (Lipinski definition) is 2. The SMILES string of the molecule is O=C(N[C@H]1CC[C@@H](n2c(=O)c3cc(F)cnc3n(C3CCSCC3)c2=O)CC1)C(O)C(F)(F)F. The highest BCUT2D eigenvalue weighted by Gasteiger charge is 2.44. The van der Waals surface area contributed by atoms with Gasteiger partial charge in [-0.2, -0.15) is 24.9 Å². The van der Waals surface area contributed by atoms with Gasteiger partial charge in [-0.1, -0.05) is 0 Å². The third-order valence-electron chi connectivity index (χ3n) is 6.45. The van der Waals surface area contributed by atoms with Gasteiger partial charge in [-0.25, -0.2) is 14.2 Å². The Morgan fingerprint density at radius 1 is 1.09 bits per heavy atom. The molecule has 0 bridgehead atoms. The lowest BCUT2D eigenvalue weighted by Crippen LogP contribution is -2.50. The molecule has 1 aliphatic heterocycles. The Morgan fingerprint density at radius 2 is 1.71 bits per heavy atom. The summed E-state index contributed by atoms with van der Waals surface area (Å²) in [5.74, 6) is -0.547. The number of aliphatic hydroxyl groups is 1. The summed E-state index contributed by atoms with van der Waals surface area (Å²) >= 11 is 1.76. The minimum atomic E-state index is -5.06. The number of carbonyl (C=O) groups is 1. The molecule has 1 atom stereocenters. The van der Waals surface area contributed by atoms with Crippen LogP contribution in [0.4, 0.5) is 17.6 Å². The normalized spacial score (nSPS) is 23.1. The Labute approximate surface area is 195 Å². The minimum absolute atomic E-state index is 0.00144. The van der Waals surface area contributed by atoms with E-state index in [0.717, 1.165) is 28.3 Å². The number of amides is 1. The molecule has 0 spiro atoms. The quantitative estimate of drug-likeness (QED) is 0.619. The highest BCUT2D eigenvalue weighted by Crippen LogP contribution is 2.30. The average molecular weight is 505 g/mol. The van der Waals surface area contributed by atoms with Crippen molar-refractivity contribution in [3.05, 3.63) is 38.9 Å². The number of nitrogens with one attached hydrogen (secondary N) is 1. The van der Waals surface area contributed by atoms with Crippen LogP contribution in [0.15, 0.2) is 21.9 Å². The molecule has 1 amide bonds. The highest BCUT2D eigenvalue weighted by molar-refractivity contribution is 7.99. The van der Waals surface area contributed by atoms with Gasteiger partial charge in [0, 0.05) is 18.1 Å². The molecule has 1 unspecified atom stereocenters. The summed E-state index contributed by atoms with van der Waals surface area (Å²) in [5, 5.41) is 11.3. The van der Waals surface area contributed by atoms with E-state index in [1.807, 2.05) is 0 Å². The van der Waals surface area contributed by atoms with E-state index >= 15 is 0 Å². The van der Waals surface area contributed by atoms with Crippen LogP contribution in [-0.4, -0.2) is 55.0 Å². The number of fused-ring (bicyclic) bond motifs is 1. The fourth-order valence-corrected chi connectivity index (χ4v) is 5.79. The van der Waals surface area contributed by atoms with Gasteiger partial charge in [0.05, 0.1) is 11.6 Å². The summed E-state index contributed by atoms with van der Waals surface area (Å²) in [5.41, 5.74) is -1.05. The zero-order valence-corrected chi connectivity index (χ0v) is 18.9. The second-order valence-electron chi connectivity index (χ2n) is 8.65. The van der Waals surface area contributed by atoms with Gasteiger partial charge >= 0.3 is 11.9 Å². The van der Waals surface area contributed by atoms with Crippen molar-refractivity contribution in [3.63, 3.8) is 0 Å². The number of thioether (sulfide) groups is 1. The molecule has 0 aromatic carbocycles. The topological polar surface area (TPSA) is 106 Å². The van der Waals surface area contributed by atoms with E-state index < -0.39 is 47.3 Å². The van der Waals surface area contributed by atoms with Crippen molar-refractivity contribution >= 4 is 28.7 Å². The van der Waals surface area contributed by atoms with E-state index in [0.29, 0.717) is 12.8 Å². The molecule has 2 aromatic heterocycles. The van der Waals surface area contributed by atoms with Gasteiger partial charge < -0.3 is 10.4 Å². The number of carbonyl (C=O) groups excluding carboxylic acids is 1. The van der Waals surface area contributed by atoms with Crippen molar-refractivity contribution in [3.8, 4) is 0 Å². The predicted octanol–water partition coefficient (Wildman–Crippen LogP) is 2.29. The fourth-order valence-electron chi connectivity index (χ4n) is 4.71. The van der Waals surface area contributed by atoms with E-state index in [9.17, 15) is 31.9 Å². The van der Waals surface area contributed by atoms with Crippen molar-refractivity contribution in [2.75, 3.05) is 11.5 Å². The first-order valence-electron chi connectivity index (χ1n) is 11.0. The Morgan fingerprint density at radius 3 is 2.32 bits per heavy atom. The van der Waals surface area contributed by atoms with Crippen LogP contribution in [0.1, 0.15) is 50.6 Å². The molecule has 2 N–H and O–H groups in total. The van der Waals surface area contributed by atoms with Gasteiger partial charge in [0.2, 0.25) is 6.10 Å². The maximum Gasteiger partial charge on any atom is 0.423 e. The third kappa shape index (κ3) is 4.85. The molecule has 13 heteroatoms. The predicted molar refractivity (Wildman–Crippen MR) is 117 cm³/mol. The lowest BCUT2D eigenvalue weighted by atomic mass is 9.90. The summed E-state index contributed by atoms with van der Waals surface area (Å²) < 4.78 is 54.2. The molecule has 2 fully saturated rings. The standard InChI is InChI=1S/C21H24F4N4O4S/c22-11-9-15-17(26-10-11)28(14-5-7-34-8-6-14)20(33)29(19(15)32)13-3-1-12(2-4-13)27-18(31)16(30)21(23,24)25/h9-10,12-14,16,30H,1-8H2,(H,27,31)/t12-,13+,16?. The maximum absolute atomic E-state index is 13.9. The number of alkyl halides is 3. The molecule has 34 heavy (non-hydrogen) atoms. The summed E-state index contributed by atoms with van der Waals surface area (Å²) in [6.07, 6.45) is -4.87. The number of aliphatic hydroxyl groups excluding tert-OH is 1. The summed E-state index contributed by atoms with van der Waals surface area (Å²) in [6.45, 7) is 0. The molecule has 1 aliphatic carbocycles. The van der Waals surface area contributed by atoms with Crippen LogP contribution in [0.5, 0.6) is 0 Å². The number of aromatic nitrogens is 3. The zero-order valence-electron chi connectivity index (χ0n) is 18.1. The Kier molecular flexibility index (Phi) is 7.04. The zero-order chi connectivity index (χ0) is 24.6. The van der Waals surface area contributed by atoms with Crippen LogP contribution in [0.25, 0.3) is 11.0 Å². The summed E-state index contributed by atoms with van der Waals surface area (Å²) in [7, 11) is 0. The molecular formula is C21H24F4N4O4S. The van der Waals surface area contributed by atoms with Crippen LogP contribution in [0.3, 0.4) is 0 Å². The molecule has 4 rings (SSSR count). The minimum Gasteiger partial charge on any atom is -0.376 e. The van der Waals surface area contributed by atoms with E-state index in [2.05, 4.69) is 10.3 Å². The number of hydrogen-bond acceptors (Lipinski definition) is 6.